The fourth-order valence-corrected chi connectivity index (χ4v) is 4.11. The molecule has 0 unspecified atom stereocenters. The second-order valence-electron chi connectivity index (χ2n) is 8.11. The highest BCUT2D eigenvalue weighted by Gasteiger charge is 2.48. The van der Waals surface area contributed by atoms with E-state index in [4.69, 9.17) is 11.6 Å². The van der Waals surface area contributed by atoms with E-state index in [0.717, 1.165) is 16.7 Å². The maximum Gasteiger partial charge on any atom is 0.255 e. The van der Waals surface area contributed by atoms with Crippen LogP contribution in [0.15, 0.2) is 42.5 Å². The Balaban J connectivity index is 1.41. The molecule has 0 aromatic heterocycles. The van der Waals surface area contributed by atoms with Crippen LogP contribution < -0.4 is 10.6 Å². The summed E-state index contributed by atoms with van der Waals surface area (Å²) >= 11 is 5.86. The van der Waals surface area contributed by atoms with Gasteiger partial charge in [-0.2, -0.15) is 0 Å². The summed E-state index contributed by atoms with van der Waals surface area (Å²) in [6, 6.07) is 12.5. The van der Waals surface area contributed by atoms with Gasteiger partial charge in [0.25, 0.3) is 11.8 Å². The van der Waals surface area contributed by atoms with Crippen molar-refractivity contribution in [2.24, 2.45) is 0 Å². The van der Waals surface area contributed by atoms with Crippen molar-refractivity contribution in [3.05, 3.63) is 69.7 Å². The Morgan fingerprint density at radius 3 is 2.55 bits per heavy atom. The lowest BCUT2D eigenvalue weighted by molar-refractivity contribution is -0.142. The van der Waals surface area contributed by atoms with Gasteiger partial charge in [-0.25, -0.2) is 0 Å². The number of hydrogen-bond acceptors (Lipinski definition) is 4. The molecule has 0 saturated carbocycles. The molecule has 2 aromatic carbocycles. The van der Waals surface area contributed by atoms with E-state index in [1.165, 1.54) is 4.90 Å². The summed E-state index contributed by atoms with van der Waals surface area (Å²) in [6.45, 7) is 2.31. The van der Waals surface area contributed by atoms with Crippen LogP contribution in [0.1, 0.15) is 46.8 Å². The summed E-state index contributed by atoms with van der Waals surface area (Å²) < 4.78 is 0. The lowest BCUT2D eigenvalue weighted by Gasteiger charge is -2.39. The molecule has 2 heterocycles. The van der Waals surface area contributed by atoms with Gasteiger partial charge < -0.3 is 10.2 Å². The smallest absolute Gasteiger partial charge is 0.255 e. The van der Waals surface area contributed by atoms with Gasteiger partial charge in [0.1, 0.15) is 5.54 Å². The third-order valence-corrected chi connectivity index (χ3v) is 6.17. The molecule has 2 aliphatic rings. The molecule has 1 saturated heterocycles. The van der Waals surface area contributed by atoms with Gasteiger partial charge in [0.05, 0.1) is 6.42 Å². The van der Waals surface area contributed by atoms with Crippen LogP contribution in [0.2, 0.25) is 5.02 Å². The molecule has 7 nitrogen and oxygen atoms in total. The SMILES string of the molecule is C[C@]1(N2Cc3cc(CNC(=O)Cc4ccc(Cl)cc4)ccc3C2=O)CCC(=O)NC1=O. The summed E-state index contributed by atoms with van der Waals surface area (Å²) in [6.07, 6.45) is 0.749. The van der Waals surface area contributed by atoms with Gasteiger partial charge in [-0.3, -0.25) is 24.5 Å². The molecule has 1 fully saturated rings. The van der Waals surface area contributed by atoms with E-state index in [0.29, 0.717) is 30.1 Å². The van der Waals surface area contributed by atoms with Crippen molar-refractivity contribution in [1.29, 1.82) is 0 Å². The average Bonchev–Trinajstić information content (AvgIpc) is 3.08. The van der Waals surface area contributed by atoms with Gasteiger partial charge in [-0.05, 0) is 48.2 Å². The average molecular weight is 440 g/mol. The van der Waals surface area contributed by atoms with E-state index < -0.39 is 11.4 Å². The highest BCUT2D eigenvalue weighted by molar-refractivity contribution is 6.30. The largest absolute Gasteiger partial charge is 0.352 e. The molecule has 160 valence electrons. The summed E-state index contributed by atoms with van der Waals surface area (Å²) in [5, 5.41) is 5.84. The fourth-order valence-electron chi connectivity index (χ4n) is 3.99. The van der Waals surface area contributed by atoms with Gasteiger partial charge in [0.15, 0.2) is 0 Å². The molecule has 31 heavy (non-hydrogen) atoms. The number of imide groups is 1. The summed E-state index contributed by atoms with van der Waals surface area (Å²) in [7, 11) is 0. The zero-order chi connectivity index (χ0) is 22.2. The number of benzene rings is 2. The normalized spacial score (nSPS) is 20.5. The van der Waals surface area contributed by atoms with E-state index in [1.807, 2.05) is 18.2 Å². The van der Waals surface area contributed by atoms with Gasteiger partial charge in [0.2, 0.25) is 11.8 Å². The number of nitrogens with one attached hydrogen (secondary N) is 2. The van der Waals surface area contributed by atoms with Crippen molar-refractivity contribution in [2.45, 2.75) is 44.8 Å². The second kappa shape index (κ2) is 8.15. The van der Waals surface area contributed by atoms with Crippen LogP contribution in [0.5, 0.6) is 0 Å². The van der Waals surface area contributed by atoms with Crippen molar-refractivity contribution in [1.82, 2.24) is 15.5 Å². The summed E-state index contributed by atoms with van der Waals surface area (Å²) in [5.74, 6) is -1.10. The maximum absolute atomic E-state index is 12.9. The third-order valence-electron chi connectivity index (χ3n) is 5.92. The predicted molar refractivity (Wildman–Crippen MR) is 114 cm³/mol. The molecule has 2 N–H and O–H groups in total. The second-order valence-corrected chi connectivity index (χ2v) is 8.55. The van der Waals surface area contributed by atoms with E-state index in [2.05, 4.69) is 10.6 Å². The van der Waals surface area contributed by atoms with Crippen molar-refractivity contribution >= 4 is 35.2 Å². The minimum absolute atomic E-state index is 0.114. The van der Waals surface area contributed by atoms with Gasteiger partial charge >= 0.3 is 0 Å². The topological polar surface area (TPSA) is 95.6 Å². The number of nitrogens with zero attached hydrogens (tertiary/aromatic N) is 1. The minimum atomic E-state index is -1.06. The zero-order valence-corrected chi connectivity index (χ0v) is 17.8. The zero-order valence-electron chi connectivity index (χ0n) is 17.0. The molecular formula is C23H22ClN3O4. The molecule has 2 aromatic rings. The van der Waals surface area contributed by atoms with E-state index in [-0.39, 0.29) is 30.6 Å². The fraction of sp³-hybridized carbons (Fsp3) is 0.304. The van der Waals surface area contributed by atoms with Crippen molar-refractivity contribution in [3.63, 3.8) is 0 Å². The van der Waals surface area contributed by atoms with Crippen LogP contribution >= 0.6 is 11.6 Å². The third kappa shape index (κ3) is 4.18. The number of fused-ring (bicyclic) bond motifs is 1. The Morgan fingerprint density at radius 1 is 1.13 bits per heavy atom. The summed E-state index contributed by atoms with van der Waals surface area (Å²) in [4.78, 5) is 50.6. The molecule has 4 rings (SSSR count). The first kappa shape index (κ1) is 21.1. The highest BCUT2D eigenvalue weighted by Crippen LogP contribution is 2.34. The standard InChI is InChI=1S/C23H22ClN3O4/c1-23(9-8-19(28)26-22(23)31)27-13-16-10-15(4-7-18(16)21(27)30)12-25-20(29)11-14-2-5-17(24)6-3-14/h2-7,10H,8-9,11-13H2,1H3,(H,25,29)(H,26,28,31)/t23-/m0/s1. The van der Waals surface area contributed by atoms with Crippen molar-refractivity contribution < 1.29 is 19.2 Å². The Bertz CT molecular complexity index is 1080. The molecule has 1 atom stereocenters. The first-order valence-electron chi connectivity index (χ1n) is 10.1. The van der Waals surface area contributed by atoms with Crippen LogP contribution in [0, 0.1) is 0 Å². The Labute approximate surface area is 184 Å². The van der Waals surface area contributed by atoms with Crippen molar-refractivity contribution in [3.8, 4) is 0 Å². The number of piperidine rings is 1. The monoisotopic (exact) mass is 439 g/mol. The molecule has 4 amide bonds. The van der Waals surface area contributed by atoms with Crippen LogP contribution in [0.25, 0.3) is 0 Å². The quantitative estimate of drug-likeness (QED) is 0.699. The number of carbonyl (C=O) groups is 4. The minimum Gasteiger partial charge on any atom is -0.352 e. The summed E-state index contributed by atoms with van der Waals surface area (Å²) in [5.41, 5.74) is 2.03. The first-order valence-corrected chi connectivity index (χ1v) is 10.4. The maximum atomic E-state index is 12.9. The predicted octanol–water partition coefficient (Wildman–Crippen LogP) is 2.35. The Hall–Kier alpha value is -3.19. The molecule has 0 aliphatic carbocycles. The van der Waals surface area contributed by atoms with Gasteiger partial charge in [-0.1, -0.05) is 35.9 Å². The van der Waals surface area contributed by atoms with Crippen LogP contribution in [-0.2, 0) is 33.9 Å². The molecule has 0 bridgehead atoms. The highest BCUT2D eigenvalue weighted by atomic mass is 35.5. The lowest BCUT2D eigenvalue weighted by Crippen LogP contribution is -2.61. The molecular weight excluding hydrogens is 418 g/mol. The number of rotatable bonds is 5. The van der Waals surface area contributed by atoms with Crippen LogP contribution in [-0.4, -0.2) is 34.1 Å². The van der Waals surface area contributed by atoms with Crippen LogP contribution in [0.3, 0.4) is 0 Å². The Kier molecular flexibility index (Phi) is 5.54. The number of halogens is 1. The molecule has 8 heteroatoms. The first-order chi connectivity index (χ1) is 14.8. The van der Waals surface area contributed by atoms with E-state index in [1.54, 1.807) is 31.2 Å². The van der Waals surface area contributed by atoms with Gasteiger partial charge in [-0.15, -0.1) is 0 Å². The van der Waals surface area contributed by atoms with E-state index >= 15 is 0 Å². The Morgan fingerprint density at radius 2 is 1.84 bits per heavy atom. The molecule has 2 aliphatic heterocycles. The number of amides is 4. The number of hydrogen-bond donors (Lipinski definition) is 2. The molecule has 0 spiro atoms. The van der Waals surface area contributed by atoms with Gasteiger partial charge in [0, 0.05) is 30.1 Å². The number of carbonyl (C=O) groups excluding carboxylic acids is 4. The van der Waals surface area contributed by atoms with Crippen molar-refractivity contribution in [2.75, 3.05) is 0 Å². The van der Waals surface area contributed by atoms with Crippen LogP contribution in [0.4, 0.5) is 0 Å². The van der Waals surface area contributed by atoms with E-state index in [9.17, 15) is 19.2 Å². The molecule has 0 radical (unpaired) electrons. The lowest BCUT2D eigenvalue weighted by atomic mass is 9.89.